The maximum atomic E-state index is 14.4. The minimum absolute atomic E-state index is 0. The van der Waals surface area contributed by atoms with Crippen LogP contribution in [-0.4, -0.2) is 47.6 Å². The largest absolute Gasteiger partial charge is 0.352 e. The maximum Gasteiger partial charge on any atom is 0.251 e. The lowest BCUT2D eigenvalue weighted by Gasteiger charge is -2.33. The number of benzene rings is 1. The van der Waals surface area contributed by atoms with Crippen LogP contribution in [0.2, 0.25) is 0 Å². The van der Waals surface area contributed by atoms with Crippen LogP contribution < -0.4 is 20.9 Å². The molecule has 0 saturated carbocycles. The summed E-state index contributed by atoms with van der Waals surface area (Å²) in [5.41, 5.74) is 2.23. The van der Waals surface area contributed by atoms with E-state index in [1.807, 2.05) is 24.8 Å². The molecule has 2 aliphatic heterocycles. The average Bonchev–Trinajstić information content (AvgIpc) is 3.01. The molecule has 3 heterocycles. The minimum Gasteiger partial charge on any atom is -0.352 e. The zero-order chi connectivity index (χ0) is 19.7. The van der Waals surface area contributed by atoms with Gasteiger partial charge in [-0.25, -0.2) is 9.37 Å². The fourth-order valence-corrected chi connectivity index (χ4v) is 3.99. The van der Waals surface area contributed by atoms with Gasteiger partial charge in [-0.05, 0) is 50.5 Å². The second-order valence-corrected chi connectivity index (χ2v) is 7.42. The highest BCUT2D eigenvalue weighted by Gasteiger charge is 2.33. The smallest absolute Gasteiger partial charge is 0.251 e. The molecule has 29 heavy (non-hydrogen) atoms. The maximum absolute atomic E-state index is 14.4. The second-order valence-electron chi connectivity index (χ2n) is 7.42. The van der Waals surface area contributed by atoms with Crippen molar-refractivity contribution in [2.24, 2.45) is 0 Å². The highest BCUT2D eigenvalue weighted by atomic mass is 35.5. The van der Waals surface area contributed by atoms with Crippen LogP contribution in [-0.2, 0) is 0 Å². The van der Waals surface area contributed by atoms with Crippen LogP contribution in [0.15, 0.2) is 24.4 Å². The van der Waals surface area contributed by atoms with Crippen LogP contribution in [0.4, 0.5) is 21.8 Å². The first-order chi connectivity index (χ1) is 13.5. The van der Waals surface area contributed by atoms with Crippen LogP contribution in [0.1, 0.15) is 35.7 Å². The van der Waals surface area contributed by atoms with E-state index < -0.39 is 5.82 Å². The highest BCUT2D eigenvalue weighted by molar-refractivity contribution is 5.96. The topological polar surface area (TPSA) is 82.2 Å². The molecule has 156 valence electrons. The van der Waals surface area contributed by atoms with Gasteiger partial charge in [0.05, 0.1) is 6.20 Å². The molecule has 2 bridgehead atoms. The van der Waals surface area contributed by atoms with Crippen molar-refractivity contribution in [3.8, 4) is 0 Å². The third kappa shape index (κ3) is 4.59. The summed E-state index contributed by atoms with van der Waals surface area (Å²) in [6.45, 7) is 5.85. The molecule has 1 aromatic carbocycles. The van der Waals surface area contributed by atoms with Crippen molar-refractivity contribution < 1.29 is 9.18 Å². The third-order valence-corrected chi connectivity index (χ3v) is 5.31. The van der Waals surface area contributed by atoms with Gasteiger partial charge in [-0.3, -0.25) is 4.79 Å². The molecule has 4 rings (SSSR count). The molecular formula is C20H26ClFN6O. The van der Waals surface area contributed by atoms with Crippen LogP contribution in [0.3, 0.4) is 0 Å². The standard InChI is InChI=1S/C20H25FN6O.ClH/c1-3-22-19(28)16-7-6-13(8-12(16)2)25-20-23-9-17(21)18(26-20)27-10-14-4-5-15(11-27)24-14;/h6-9,14-15,24H,3-5,10-11H2,1-2H3,(H,22,28)(H,23,25,26);1H/t14-,15+;. The van der Waals surface area contributed by atoms with Crippen molar-refractivity contribution in [1.29, 1.82) is 0 Å². The Morgan fingerprint density at radius 3 is 2.69 bits per heavy atom. The van der Waals surface area contributed by atoms with E-state index in [1.165, 1.54) is 6.20 Å². The molecular weight excluding hydrogens is 395 g/mol. The summed E-state index contributed by atoms with van der Waals surface area (Å²) in [6, 6.07) is 6.22. The van der Waals surface area contributed by atoms with Crippen LogP contribution in [0, 0.1) is 12.7 Å². The van der Waals surface area contributed by atoms with Crippen molar-refractivity contribution in [2.75, 3.05) is 29.9 Å². The first-order valence-electron chi connectivity index (χ1n) is 9.73. The number of halogens is 2. The van der Waals surface area contributed by atoms with E-state index >= 15 is 0 Å². The Bertz CT molecular complexity index is 883. The van der Waals surface area contributed by atoms with Gasteiger partial charge in [-0.1, -0.05) is 0 Å². The van der Waals surface area contributed by atoms with E-state index in [-0.39, 0.29) is 18.3 Å². The molecule has 2 aliphatic rings. The average molecular weight is 421 g/mol. The first kappa shape index (κ1) is 21.3. The van der Waals surface area contributed by atoms with Crippen molar-refractivity contribution in [3.63, 3.8) is 0 Å². The van der Waals surface area contributed by atoms with Crippen molar-refractivity contribution in [3.05, 3.63) is 41.3 Å². The summed E-state index contributed by atoms with van der Waals surface area (Å²) < 4.78 is 14.4. The van der Waals surface area contributed by atoms with Gasteiger partial charge >= 0.3 is 0 Å². The van der Waals surface area contributed by atoms with Crippen LogP contribution >= 0.6 is 12.4 Å². The van der Waals surface area contributed by atoms with E-state index in [0.29, 0.717) is 36.0 Å². The predicted molar refractivity (Wildman–Crippen MR) is 114 cm³/mol. The van der Waals surface area contributed by atoms with Gasteiger partial charge in [-0.15, -0.1) is 12.4 Å². The molecule has 1 aromatic heterocycles. The van der Waals surface area contributed by atoms with Gasteiger partial charge in [0, 0.05) is 43.0 Å². The number of aromatic nitrogens is 2. The quantitative estimate of drug-likeness (QED) is 0.690. The minimum atomic E-state index is -0.408. The van der Waals surface area contributed by atoms with E-state index in [4.69, 9.17) is 0 Å². The summed E-state index contributed by atoms with van der Waals surface area (Å²) in [4.78, 5) is 22.6. The molecule has 9 heteroatoms. The van der Waals surface area contributed by atoms with Gasteiger partial charge in [0.2, 0.25) is 5.95 Å². The number of rotatable bonds is 5. The van der Waals surface area contributed by atoms with E-state index in [9.17, 15) is 9.18 Å². The summed E-state index contributed by atoms with van der Waals surface area (Å²) in [5.74, 6) is 0.175. The Hall–Kier alpha value is -2.45. The monoisotopic (exact) mass is 420 g/mol. The normalized spacial score (nSPS) is 20.2. The number of piperazine rings is 1. The number of aryl methyl sites for hydroxylation is 1. The summed E-state index contributed by atoms with van der Waals surface area (Å²) in [6.07, 6.45) is 3.46. The SMILES string of the molecule is CCNC(=O)c1ccc(Nc2ncc(F)c(N3C[C@H]4CC[C@@H](C3)N4)n2)cc1C.Cl. The fraction of sp³-hybridized carbons (Fsp3) is 0.450. The van der Waals surface area contributed by atoms with Crippen molar-refractivity contribution in [2.45, 2.75) is 38.8 Å². The Balaban J connectivity index is 0.00000240. The molecule has 0 aliphatic carbocycles. The molecule has 2 fully saturated rings. The van der Waals surface area contributed by atoms with Gasteiger partial charge in [0.1, 0.15) is 0 Å². The summed E-state index contributed by atoms with van der Waals surface area (Å²) in [7, 11) is 0. The van der Waals surface area contributed by atoms with E-state index in [1.54, 1.807) is 12.1 Å². The Morgan fingerprint density at radius 2 is 2.03 bits per heavy atom. The molecule has 2 saturated heterocycles. The zero-order valence-corrected chi connectivity index (χ0v) is 17.4. The second kappa shape index (κ2) is 8.92. The lowest BCUT2D eigenvalue weighted by Crippen LogP contribution is -2.51. The van der Waals surface area contributed by atoms with Gasteiger partial charge in [0.25, 0.3) is 5.91 Å². The summed E-state index contributed by atoms with van der Waals surface area (Å²) in [5, 5.41) is 9.46. The number of carbonyl (C=O) groups is 1. The van der Waals surface area contributed by atoms with Gasteiger partial charge in [-0.2, -0.15) is 4.98 Å². The zero-order valence-electron chi connectivity index (χ0n) is 16.5. The number of nitrogens with one attached hydrogen (secondary N) is 3. The number of amides is 1. The summed E-state index contributed by atoms with van der Waals surface area (Å²) >= 11 is 0. The Morgan fingerprint density at radius 1 is 1.31 bits per heavy atom. The number of hydrogen-bond acceptors (Lipinski definition) is 6. The molecule has 1 amide bonds. The molecule has 0 unspecified atom stereocenters. The molecule has 2 atom stereocenters. The van der Waals surface area contributed by atoms with Crippen molar-refractivity contribution in [1.82, 2.24) is 20.6 Å². The van der Waals surface area contributed by atoms with Gasteiger partial charge in [0.15, 0.2) is 11.6 Å². The molecule has 7 nitrogen and oxygen atoms in total. The van der Waals surface area contributed by atoms with E-state index in [0.717, 1.165) is 37.2 Å². The van der Waals surface area contributed by atoms with Crippen molar-refractivity contribution >= 4 is 35.8 Å². The lowest BCUT2D eigenvalue weighted by atomic mass is 10.1. The predicted octanol–water partition coefficient (Wildman–Crippen LogP) is 2.78. The number of carbonyl (C=O) groups excluding carboxylic acids is 1. The number of anilines is 3. The molecule has 0 spiro atoms. The van der Waals surface area contributed by atoms with E-state index in [2.05, 4.69) is 25.9 Å². The first-order valence-corrected chi connectivity index (χ1v) is 9.73. The lowest BCUT2D eigenvalue weighted by molar-refractivity contribution is 0.0955. The Labute approximate surface area is 175 Å². The number of hydrogen-bond donors (Lipinski definition) is 3. The number of fused-ring (bicyclic) bond motifs is 2. The fourth-order valence-electron chi connectivity index (χ4n) is 3.99. The highest BCUT2D eigenvalue weighted by Crippen LogP contribution is 2.27. The molecule has 2 aromatic rings. The Kier molecular flexibility index (Phi) is 6.54. The third-order valence-electron chi connectivity index (χ3n) is 5.31. The number of nitrogens with zero attached hydrogens (tertiary/aromatic N) is 3. The molecule has 0 radical (unpaired) electrons. The van der Waals surface area contributed by atoms with Gasteiger partial charge < -0.3 is 20.9 Å². The van der Waals surface area contributed by atoms with Crippen LogP contribution in [0.5, 0.6) is 0 Å². The van der Waals surface area contributed by atoms with Crippen LogP contribution in [0.25, 0.3) is 0 Å². The molecule has 3 N–H and O–H groups in total.